The third kappa shape index (κ3) is 4.65. The number of esters is 1. The second-order valence-electron chi connectivity index (χ2n) is 5.15. The zero-order chi connectivity index (χ0) is 15.9. The Bertz CT molecular complexity index is 538. The van der Waals surface area contributed by atoms with Crippen molar-refractivity contribution in [3.8, 4) is 0 Å². The van der Waals surface area contributed by atoms with E-state index in [1.165, 1.54) is 11.8 Å². The Hall–Kier alpha value is -1.20. The van der Waals surface area contributed by atoms with E-state index < -0.39 is 0 Å². The molecule has 120 valence electrons. The van der Waals surface area contributed by atoms with Gasteiger partial charge in [-0.3, -0.25) is 9.59 Å². The van der Waals surface area contributed by atoms with Gasteiger partial charge in [-0.05, 0) is 31.9 Å². The van der Waals surface area contributed by atoms with Gasteiger partial charge in [-0.2, -0.15) is 0 Å². The molecule has 1 atom stereocenters. The molecule has 1 heterocycles. The number of carbonyl (C=O) groups is 2. The molecule has 2 rings (SSSR count). The number of thioether (sulfide) groups is 1. The molecule has 0 bridgehead atoms. The molecule has 6 heteroatoms. The summed E-state index contributed by atoms with van der Waals surface area (Å²) in [6, 6.07) is 7.48. The van der Waals surface area contributed by atoms with Crippen LogP contribution in [0.1, 0.15) is 19.8 Å². The Morgan fingerprint density at radius 1 is 1.41 bits per heavy atom. The van der Waals surface area contributed by atoms with Gasteiger partial charge in [0.25, 0.3) is 0 Å². The number of hydrogen-bond acceptors (Lipinski definition) is 4. The van der Waals surface area contributed by atoms with Crippen LogP contribution < -0.4 is 0 Å². The average Bonchev–Trinajstić information content (AvgIpc) is 2.54. The monoisotopic (exact) mass is 341 g/mol. The highest BCUT2D eigenvalue weighted by atomic mass is 35.5. The number of rotatable bonds is 5. The third-order valence-corrected chi connectivity index (χ3v) is 5.08. The van der Waals surface area contributed by atoms with E-state index in [0.717, 1.165) is 17.7 Å². The van der Waals surface area contributed by atoms with Gasteiger partial charge in [0.2, 0.25) is 5.91 Å². The summed E-state index contributed by atoms with van der Waals surface area (Å²) in [5.41, 5.74) is 0. The number of hydrogen-bond donors (Lipinski definition) is 0. The molecule has 4 nitrogen and oxygen atoms in total. The maximum Gasteiger partial charge on any atom is 0.310 e. The van der Waals surface area contributed by atoms with Gasteiger partial charge in [0.1, 0.15) is 0 Å². The lowest BCUT2D eigenvalue weighted by Crippen LogP contribution is -2.43. The summed E-state index contributed by atoms with van der Waals surface area (Å²) >= 11 is 7.52. The minimum atomic E-state index is -0.196. The minimum absolute atomic E-state index is 0.0407. The maximum atomic E-state index is 12.3. The van der Waals surface area contributed by atoms with E-state index in [-0.39, 0.29) is 17.8 Å². The summed E-state index contributed by atoms with van der Waals surface area (Å²) in [5.74, 6) is -0.0140. The molecular weight excluding hydrogens is 322 g/mol. The van der Waals surface area contributed by atoms with Crippen molar-refractivity contribution in [3.63, 3.8) is 0 Å². The molecule has 0 N–H and O–H groups in total. The maximum absolute atomic E-state index is 12.3. The van der Waals surface area contributed by atoms with E-state index in [4.69, 9.17) is 16.3 Å². The summed E-state index contributed by atoms with van der Waals surface area (Å²) in [5, 5.41) is 0.656. The Balaban J connectivity index is 1.87. The normalized spacial score (nSPS) is 18.1. The molecule has 0 saturated carbocycles. The lowest BCUT2D eigenvalue weighted by Gasteiger charge is -2.31. The standard InChI is InChI=1S/C16H20ClNO3S/c1-2-21-16(20)12-6-5-9-18(10-12)15(19)11-22-14-8-4-3-7-13(14)17/h3-4,7-8,12H,2,5-6,9-11H2,1H3/t12-/m1/s1. The molecule has 1 fully saturated rings. The largest absolute Gasteiger partial charge is 0.466 e. The summed E-state index contributed by atoms with van der Waals surface area (Å²) in [6.45, 7) is 3.34. The number of piperidine rings is 1. The molecule has 1 amide bonds. The van der Waals surface area contributed by atoms with Crippen molar-refractivity contribution >= 4 is 35.2 Å². The van der Waals surface area contributed by atoms with Crippen molar-refractivity contribution in [1.29, 1.82) is 0 Å². The van der Waals surface area contributed by atoms with Crippen LogP contribution in [0, 0.1) is 5.92 Å². The van der Waals surface area contributed by atoms with Crippen molar-refractivity contribution in [2.75, 3.05) is 25.4 Å². The van der Waals surface area contributed by atoms with Crippen LogP contribution in [-0.2, 0) is 14.3 Å². The van der Waals surface area contributed by atoms with Crippen LogP contribution >= 0.6 is 23.4 Å². The number of likely N-dealkylation sites (tertiary alicyclic amines) is 1. The summed E-state index contributed by atoms with van der Waals surface area (Å²) in [4.78, 5) is 26.8. The van der Waals surface area contributed by atoms with Gasteiger partial charge in [-0.15, -0.1) is 11.8 Å². The molecule has 1 aromatic carbocycles. The van der Waals surface area contributed by atoms with Crippen LogP contribution in [0.4, 0.5) is 0 Å². The fourth-order valence-corrected chi connectivity index (χ4v) is 3.59. The average molecular weight is 342 g/mol. The second-order valence-corrected chi connectivity index (χ2v) is 6.57. The van der Waals surface area contributed by atoms with Crippen LogP contribution in [0.3, 0.4) is 0 Å². The van der Waals surface area contributed by atoms with Gasteiger partial charge in [0, 0.05) is 18.0 Å². The Morgan fingerprint density at radius 2 is 2.18 bits per heavy atom. The van der Waals surface area contributed by atoms with Gasteiger partial charge < -0.3 is 9.64 Å². The fraction of sp³-hybridized carbons (Fsp3) is 0.500. The molecule has 0 spiro atoms. The zero-order valence-corrected chi connectivity index (χ0v) is 14.2. The Morgan fingerprint density at radius 3 is 2.91 bits per heavy atom. The first-order valence-electron chi connectivity index (χ1n) is 7.43. The van der Waals surface area contributed by atoms with E-state index in [2.05, 4.69) is 0 Å². The third-order valence-electron chi connectivity index (χ3n) is 3.58. The molecular formula is C16H20ClNO3S. The van der Waals surface area contributed by atoms with Crippen molar-refractivity contribution < 1.29 is 14.3 Å². The van der Waals surface area contributed by atoms with Crippen LogP contribution in [-0.4, -0.2) is 42.2 Å². The van der Waals surface area contributed by atoms with Gasteiger partial charge in [-0.25, -0.2) is 0 Å². The van der Waals surface area contributed by atoms with E-state index in [1.54, 1.807) is 11.8 Å². The zero-order valence-electron chi connectivity index (χ0n) is 12.6. The highest BCUT2D eigenvalue weighted by Gasteiger charge is 2.29. The highest BCUT2D eigenvalue weighted by molar-refractivity contribution is 8.00. The molecule has 0 radical (unpaired) electrons. The highest BCUT2D eigenvalue weighted by Crippen LogP contribution is 2.27. The molecule has 1 aliphatic heterocycles. The van der Waals surface area contributed by atoms with Crippen LogP contribution in [0.5, 0.6) is 0 Å². The number of carbonyl (C=O) groups excluding carboxylic acids is 2. The van der Waals surface area contributed by atoms with Crippen molar-refractivity contribution in [1.82, 2.24) is 4.90 Å². The summed E-state index contributed by atoms with van der Waals surface area (Å²) < 4.78 is 5.05. The summed E-state index contributed by atoms with van der Waals surface area (Å²) in [7, 11) is 0. The molecule has 22 heavy (non-hydrogen) atoms. The van der Waals surface area contributed by atoms with E-state index in [1.807, 2.05) is 24.3 Å². The summed E-state index contributed by atoms with van der Waals surface area (Å²) in [6.07, 6.45) is 1.63. The topological polar surface area (TPSA) is 46.6 Å². The van der Waals surface area contributed by atoms with Crippen LogP contribution in [0.2, 0.25) is 5.02 Å². The molecule has 1 aromatic rings. The Kier molecular flexibility index (Phi) is 6.58. The number of amides is 1. The Labute approximate surface area is 140 Å². The fourth-order valence-electron chi connectivity index (χ4n) is 2.45. The van der Waals surface area contributed by atoms with Gasteiger partial charge in [0.05, 0.1) is 23.3 Å². The quantitative estimate of drug-likeness (QED) is 0.609. The molecule has 1 aliphatic rings. The molecule has 0 aromatic heterocycles. The van der Waals surface area contributed by atoms with E-state index in [9.17, 15) is 9.59 Å². The molecule has 1 saturated heterocycles. The van der Waals surface area contributed by atoms with Crippen molar-refractivity contribution in [3.05, 3.63) is 29.3 Å². The number of halogens is 1. The molecule has 0 unspecified atom stereocenters. The van der Waals surface area contributed by atoms with Gasteiger partial charge >= 0.3 is 5.97 Å². The van der Waals surface area contributed by atoms with Crippen LogP contribution in [0.15, 0.2) is 29.2 Å². The van der Waals surface area contributed by atoms with Crippen LogP contribution in [0.25, 0.3) is 0 Å². The van der Waals surface area contributed by atoms with Crippen molar-refractivity contribution in [2.45, 2.75) is 24.7 Å². The SMILES string of the molecule is CCOC(=O)[C@@H]1CCCN(C(=O)CSc2ccccc2Cl)C1. The first-order valence-corrected chi connectivity index (χ1v) is 8.80. The van der Waals surface area contributed by atoms with Gasteiger partial charge in [-0.1, -0.05) is 23.7 Å². The number of ether oxygens (including phenoxy) is 1. The predicted octanol–water partition coefficient (Wildman–Crippen LogP) is 3.23. The lowest BCUT2D eigenvalue weighted by molar-refractivity contribution is -0.151. The second kappa shape index (κ2) is 8.44. The smallest absolute Gasteiger partial charge is 0.310 e. The molecule has 0 aliphatic carbocycles. The van der Waals surface area contributed by atoms with E-state index in [0.29, 0.717) is 30.5 Å². The number of nitrogens with zero attached hydrogens (tertiary/aromatic N) is 1. The first kappa shape index (κ1) is 17.2. The lowest BCUT2D eigenvalue weighted by atomic mass is 9.98. The van der Waals surface area contributed by atoms with Gasteiger partial charge in [0.15, 0.2) is 0 Å². The van der Waals surface area contributed by atoms with Crippen molar-refractivity contribution in [2.24, 2.45) is 5.92 Å². The number of benzene rings is 1. The predicted molar refractivity (Wildman–Crippen MR) is 88.1 cm³/mol. The van der Waals surface area contributed by atoms with E-state index >= 15 is 0 Å². The first-order chi connectivity index (χ1) is 10.6. The minimum Gasteiger partial charge on any atom is -0.466 e.